The third-order valence-corrected chi connectivity index (χ3v) is 6.31. The predicted molar refractivity (Wildman–Crippen MR) is 68.8 cm³/mol. The molecule has 1 heterocycles. The van der Waals surface area contributed by atoms with Crippen molar-refractivity contribution in [3.8, 4) is 0 Å². The molecule has 6 atom stereocenters. The van der Waals surface area contributed by atoms with Crippen molar-refractivity contribution in [1.29, 1.82) is 0 Å². The van der Waals surface area contributed by atoms with Gasteiger partial charge in [0.25, 0.3) is 0 Å². The van der Waals surface area contributed by atoms with Crippen molar-refractivity contribution in [2.24, 2.45) is 23.7 Å². The minimum absolute atomic E-state index is 0.666. The smallest absolute Gasteiger partial charge is 0.0613 e. The number of hydrogen-bond acceptors (Lipinski definition) is 1. The first-order chi connectivity index (χ1) is 8.42. The van der Waals surface area contributed by atoms with Crippen LogP contribution in [0.25, 0.3) is 0 Å². The van der Waals surface area contributed by atoms with Gasteiger partial charge < -0.3 is 4.74 Å². The summed E-state index contributed by atoms with van der Waals surface area (Å²) < 4.78 is 6.42. The molecule has 1 heteroatoms. The summed E-state index contributed by atoms with van der Waals surface area (Å²) in [6.07, 6.45) is 16.1. The van der Waals surface area contributed by atoms with Crippen molar-refractivity contribution < 1.29 is 4.74 Å². The third kappa shape index (κ3) is 1.77. The fraction of sp³-hybridized carbons (Fsp3) is 1.00. The first-order valence-corrected chi connectivity index (χ1v) is 8.07. The Bertz CT molecular complexity index is 285. The number of ether oxygens (including phenoxy) is 1. The molecule has 4 fully saturated rings. The fourth-order valence-electron chi connectivity index (χ4n) is 5.50. The van der Waals surface area contributed by atoms with Gasteiger partial charge in [-0.3, -0.25) is 0 Å². The Morgan fingerprint density at radius 3 is 2.18 bits per heavy atom. The van der Waals surface area contributed by atoms with Crippen LogP contribution in [-0.4, -0.2) is 12.2 Å². The zero-order chi connectivity index (χ0) is 11.2. The Kier molecular flexibility index (Phi) is 2.72. The summed E-state index contributed by atoms with van der Waals surface area (Å²) >= 11 is 0. The normalized spacial score (nSPS) is 53.6. The van der Waals surface area contributed by atoms with Crippen LogP contribution in [0.1, 0.15) is 64.2 Å². The monoisotopic (exact) mass is 234 g/mol. The highest BCUT2D eigenvalue weighted by molar-refractivity contribution is 4.98. The summed E-state index contributed by atoms with van der Waals surface area (Å²) in [6, 6.07) is 0. The van der Waals surface area contributed by atoms with Crippen LogP contribution in [-0.2, 0) is 4.74 Å². The van der Waals surface area contributed by atoms with E-state index in [-0.39, 0.29) is 0 Å². The third-order valence-electron chi connectivity index (χ3n) is 6.31. The molecule has 3 aliphatic carbocycles. The molecule has 0 amide bonds. The lowest BCUT2D eigenvalue weighted by Crippen LogP contribution is -2.37. The van der Waals surface area contributed by atoms with Crippen LogP contribution in [0.15, 0.2) is 0 Å². The molecule has 3 saturated carbocycles. The second kappa shape index (κ2) is 4.26. The van der Waals surface area contributed by atoms with E-state index < -0.39 is 0 Å². The van der Waals surface area contributed by atoms with Gasteiger partial charge in [-0.15, -0.1) is 0 Å². The van der Waals surface area contributed by atoms with E-state index in [1.165, 1.54) is 64.2 Å². The van der Waals surface area contributed by atoms with Gasteiger partial charge in [-0.1, -0.05) is 38.5 Å². The molecule has 0 bridgehead atoms. The van der Waals surface area contributed by atoms with Gasteiger partial charge in [-0.2, -0.15) is 0 Å². The van der Waals surface area contributed by atoms with Gasteiger partial charge in [-0.25, -0.2) is 0 Å². The van der Waals surface area contributed by atoms with Gasteiger partial charge in [0.05, 0.1) is 12.2 Å². The first kappa shape index (κ1) is 10.8. The van der Waals surface area contributed by atoms with E-state index in [1.807, 2.05) is 0 Å². The average Bonchev–Trinajstić information content (AvgIpc) is 2.73. The van der Waals surface area contributed by atoms with Crippen LogP contribution in [0.3, 0.4) is 0 Å². The Hall–Kier alpha value is -0.0400. The number of hydrogen-bond donors (Lipinski definition) is 0. The molecular weight excluding hydrogens is 208 g/mol. The van der Waals surface area contributed by atoms with E-state index in [9.17, 15) is 0 Å². The van der Waals surface area contributed by atoms with Crippen molar-refractivity contribution in [2.45, 2.75) is 76.4 Å². The minimum Gasteiger partial charge on any atom is -0.374 e. The maximum Gasteiger partial charge on any atom is 0.0613 e. The van der Waals surface area contributed by atoms with Crippen LogP contribution < -0.4 is 0 Å². The van der Waals surface area contributed by atoms with Gasteiger partial charge in [0.1, 0.15) is 0 Å². The highest BCUT2D eigenvalue weighted by atomic mass is 16.5. The van der Waals surface area contributed by atoms with Crippen molar-refractivity contribution in [1.82, 2.24) is 0 Å². The van der Waals surface area contributed by atoms with Crippen LogP contribution in [0.2, 0.25) is 0 Å². The molecule has 1 saturated heterocycles. The lowest BCUT2D eigenvalue weighted by molar-refractivity contribution is -0.0223. The molecule has 0 N–H and O–H groups in total. The van der Waals surface area contributed by atoms with Crippen LogP contribution in [0.5, 0.6) is 0 Å². The van der Waals surface area contributed by atoms with Crippen molar-refractivity contribution in [2.75, 3.05) is 0 Å². The maximum absolute atomic E-state index is 6.42. The molecule has 0 radical (unpaired) electrons. The molecule has 6 unspecified atom stereocenters. The first-order valence-electron chi connectivity index (χ1n) is 8.07. The van der Waals surface area contributed by atoms with Crippen LogP contribution in [0.4, 0.5) is 0 Å². The van der Waals surface area contributed by atoms with E-state index in [0.29, 0.717) is 12.2 Å². The Morgan fingerprint density at radius 2 is 1.29 bits per heavy atom. The van der Waals surface area contributed by atoms with Gasteiger partial charge in [-0.05, 0) is 49.4 Å². The zero-order valence-electron chi connectivity index (χ0n) is 10.9. The van der Waals surface area contributed by atoms with E-state index in [1.54, 1.807) is 0 Å². The summed E-state index contributed by atoms with van der Waals surface area (Å²) in [7, 11) is 0. The molecule has 0 aromatic carbocycles. The summed E-state index contributed by atoms with van der Waals surface area (Å²) in [5.41, 5.74) is 0. The topological polar surface area (TPSA) is 9.23 Å². The minimum atomic E-state index is 0.666. The standard InChI is InChI=1S/C16H26O/c1-2-6-12-10-16-14(9-11(12)5-1)13-7-3-4-8-15(13)17-16/h11-16H,1-10H2. The maximum atomic E-state index is 6.42. The quantitative estimate of drug-likeness (QED) is 0.611. The van der Waals surface area contributed by atoms with E-state index in [4.69, 9.17) is 4.74 Å². The Morgan fingerprint density at radius 1 is 0.588 bits per heavy atom. The summed E-state index contributed by atoms with van der Waals surface area (Å²) in [5, 5.41) is 0. The summed E-state index contributed by atoms with van der Waals surface area (Å²) in [5.74, 6) is 4.02. The predicted octanol–water partition coefficient (Wildman–Crippen LogP) is 4.16. The highest BCUT2D eigenvalue weighted by Crippen LogP contribution is 2.52. The average molecular weight is 234 g/mol. The molecule has 4 rings (SSSR count). The lowest BCUT2D eigenvalue weighted by atomic mass is 9.63. The second-order valence-corrected chi connectivity index (χ2v) is 7.10. The van der Waals surface area contributed by atoms with E-state index in [2.05, 4.69) is 0 Å². The van der Waals surface area contributed by atoms with Gasteiger partial charge in [0, 0.05) is 0 Å². The largest absolute Gasteiger partial charge is 0.374 e. The van der Waals surface area contributed by atoms with Crippen LogP contribution >= 0.6 is 0 Å². The molecular formula is C16H26O. The van der Waals surface area contributed by atoms with E-state index in [0.717, 1.165) is 23.7 Å². The van der Waals surface area contributed by atoms with E-state index >= 15 is 0 Å². The van der Waals surface area contributed by atoms with Gasteiger partial charge in [0.15, 0.2) is 0 Å². The lowest BCUT2D eigenvalue weighted by Gasteiger charge is -2.42. The van der Waals surface area contributed by atoms with Crippen molar-refractivity contribution >= 4 is 0 Å². The fourth-order valence-corrected chi connectivity index (χ4v) is 5.50. The molecule has 0 aromatic rings. The molecule has 1 nitrogen and oxygen atoms in total. The van der Waals surface area contributed by atoms with Gasteiger partial charge in [0.2, 0.25) is 0 Å². The van der Waals surface area contributed by atoms with Crippen molar-refractivity contribution in [3.63, 3.8) is 0 Å². The molecule has 0 aromatic heterocycles. The van der Waals surface area contributed by atoms with Crippen molar-refractivity contribution in [3.05, 3.63) is 0 Å². The SMILES string of the molecule is C1CCC2CC3C(CC2C1)OC1CCCCC13. The molecule has 4 aliphatic rings. The number of rotatable bonds is 0. The van der Waals surface area contributed by atoms with Gasteiger partial charge >= 0.3 is 0 Å². The Labute approximate surface area is 105 Å². The Balaban J connectivity index is 1.52. The number of fused-ring (bicyclic) bond motifs is 4. The molecule has 17 heavy (non-hydrogen) atoms. The molecule has 0 spiro atoms. The zero-order valence-corrected chi connectivity index (χ0v) is 10.9. The second-order valence-electron chi connectivity index (χ2n) is 7.10. The summed E-state index contributed by atoms with van der Waals surface area (Å²) in [6.45, 7) is 0. The van der Waals surface area contributed by atoms with Crippen LogP contribution in [0, 0.1) is 23.7 Å². The summed E-state index contributed by atoms with van der Waals surface area (Å²) in [4.78, 5) is 0. The highest BCUT2D eigenvalue weighted by Gasteiger charge is 2.49. The molecule has 1 aliphatic heterocycles. The molecule has 96 valence electrons.